The Morgan fingerprint density at radius 1 is 1.26 bits per heavy atom. The lowest BCUT2D eigenvalue weighted by Crippen LogP contribution is -2.16. The van der Waals surface area contributed by atoms with E-state index < -0.39 is 5.97 Å². The zero-order valence-electron chi connectivity index (χ0n) is 13.4. The van der Waals surface area contributed by atoms with E-state index in [1.54, 1.807) is 35.6 Å². The van der Waals surface area contributed by atoms with Crippen LogP contribution in [0.15, 0.2) is 29.6 Å². The van der Waals surface area contributed by atoms with Gasteiger partial charge in [-0.2, -0.15) is 0 Å². The van der Waals surface area contributed by atoms with Gasteiger partial charge in [0.2, 0.25) is 5.91 Å². The molecule has 0 atom stereocenters. The van der Waals surface area contributed by atoms with E-state index in [2.05, 4.69) is 31.1 Å². The molecule has 0 saturated carbocycles. The average molecular weight is 332 g/mol. The van der Waals surface area contributed by atoms with Crippen molar-refractivity contribution in [2.45, 2.75) is 39.0 Å². The van der Waals surface area contributed by atoms with Gasteiger partial charge < -0.3 is 10.4 Å². The summed E-state index contributed by atoms with van der Waals surface area (Å²) in [5, 5.41) is 14.5. The summed E-state index contributed by atoms with van der Waals surface area (Å²) < 4.78 is 0. The quantitative estimate of drug-likeness (QED) is 0.881. The molecule has 0 aliphatic heterocycles. The highest BCUT2D eigenvalue weighted by molar-refractivity contribution is 7.09. The van der Waals surface area contributed by atoms with Crippen LogP contribution in [-0.4, -0.2) is 22.0 Å². The van der Waals surface area contributed by atoms with Gasteiger partial charge in [0.15, 0.2) is 0 Å². The van der Waals surface area contributed by atoms with Crippen LogP contribution in [0, 0.1) is 0 Å². The van der Waals surface area contributed by atoms with Gasteiger partial charge in [-0.15, -0.1) is 11.3 Å². The maximum Gasteiger partial charge on any atom is 0.307 e. The summed E-state index contributed by atoms with van der Waals surface area (Å²) in [5.74, 6) is -1.06. The first-order valence-electron chi connectivity index (χ1n) is 7.29. The molecule has 1 amide bonds. The van der Waals surface area contributed by atoms with Crippen LogP contribution in [0.2, 0.25) is 0 Å². The van der Waals surface area contributed by atoms with E-state index in [9.17, 15) is 9.59 Å². The number of hydrogen-bond donors (Lipinski definition) is 2. The molecule has 0 fully saturated rings. The molecule has 0 aliphatic carbocycles. The van der Waals surface area contributed by atoms with Crippen molar-refractivity contribution in [1.82, 2.24) is 4.98 Å². The number of carboxylic acid groups (broad SMARTS) is 1. The number of nitrogens with zero attached hydrogens (tertiary/aromatic N) is 1. The van der Waals surface area contributed by atoms with E-state index in [0.29, 0.717) is 11.3 Å². The molecule has 122 valence electrons. The van der Waals surface area contributed by atoms with Gasteiger partial charge in [-0.1, -0.05) is 32.9 Å². The molecule has 0 unspecified atom stereocenters. The van der Waals surface area contributed by atoms with E-state index in [4.69, 9.17) is 5.11 Å². The molecule has 0 saturated heterocycles. The molecular formula is C17H20N2O3S. The summed E-state index contributed by atoms with van der Waals surface area (Å²) in [6.45, 7) is 6.26. The van der Waals surface area contributed by atoms with Crippen molar-refractivity contribution in [2.24, 2.45) is 0 Å². The van der Waals surface area contributed by atoms with Gasteiger partial charge in [-0.3, -0.25) is 9.59 Å². The first-order chi connectivity index (χ1) is 10.7. The highest BCUT2D eigenvalue weighted by Crippen LogP contribution is 2.25. The van der Waals surface area contributed by atoms with Gasteiger partial charge in [0.25, 0.3) is 0 Å². The average Bonchev–Trinajstić information content (AvgIpc) is 2.86. The molecule has 0 radical (unpaired) electrons. The molecule has 5 nitrogen and oxygen atoms in total. The third-order valence-electron chi connectivity index (χ3n) is 3.10. The number of carboxylic acids is 1. The maximum absolute atomic E-state index is 12.1. The van der Waals surface area contributed by atoms with Crippen molar-refractivity contribution in [3.8, 4) is 0 Å². The lowest BCUT2D eigenvalue weighted by molar-refractivity contribution is -0.136. The Labute approximate surface area is 139 Å². The molecule has 2 rings (SSSR count). The van der Waals surface area contributed by atoms with E-state index in [0.717, 1.165) is 10.7 Å². The third kappa shape index (κ3) is 5.17. The van der Waals surface area contributed by atoms with Crippen LogP contribution in [0.3, 0.4) is 0 Å². The van der Waals surface area contributed by atoms with Gasteiger partial charge in [-0.25, -0.2) is 4.98 Å². The summed E-state index contributed by atoms with van der Waals surface area (Å²) in [6, 6.07) is 6.87. The lowest BCUT2D eigenvalue weighted by atomic mass is 9.98. The smallest absolute Gasteiger partial charge is 0.307 e. The van der Waals surface area contributed by atoms with E-state index in [1.165, 1.54) is 0 Å². The van der Waals surface area contributed by atoms with E-state index in [-0.39, 0.29) is 24.2 Å². The third-order valence-corrected chi connectivity index (χ3v) is 4.42. The highest BCUT2D eigenvalue weighted by Gasteiger charge is 2.18. The van der Waals surface area contributed by atoms with Crippen LogP contribution >= 0.6 is 11.3 Å². The van der Waals surface area contributed by atoms with Crippen LogP contribution in [0.1, 0.15) is 37.0 Å². The number of aliphatic carboxylic acids is 1. The Morgan fingerprint density at radius 3 is 2.61 bits per heavy atom. The van der Waals surface area contributed by atoms with Gasteiger partial charge >= 0.3 is 5.97 Å². The predicted octanol–water partition coefficient (Wildman–Crippen LogP) is 3.25. The van der Waals surface area contributed by atoms with Crippen molar-refractivity contribution in [3.63, 3.8) is 0 Å². The fraction of sp³-hybridized carbons (Fsp3) is 0.353. The number of hydrogen-bond acceptors (Lipinski definition) is 4. The molecular weight excluding hydrogens is 312 g/mol. The monoisotopic (exact) mass is 332 g/mol. The van der Waals surface area contributed by atoms with Gasteiger partial charge in [0.1, 0.15) is 0 Å². The second kappa shape index (κ2) is 6.91. The van der Waals surface area contributed by atoms with E-state index >= 15 is 0 Å². The number of rotatable bonds is 5. The number of benzene rings is 1. The van der Waals surface area contributed by atoms with Crippen LogP contribution in [0.25, 0.3) is 0 Å². The number of amides is 1. The standard InChI is InChI=1S/C17H20N2O3S/c1-17(2,3)16-19-13(10-23-16)9-14(20)18-12-6-4-5-11(7-12)8-15(21)22/h4-7,10H,8-9H2,1-3H3,(H,18,20)(H,21,22). The Hall–Kier alpha value is -2.21. The Kier molecular flexibility index (Phi) is 5.15. The number of carbonyl (C=O) groups is 2. The zero-order chi connectivity index (χ0) is 17.0. The largest absolute Gasteiger partial charge is 0.481 e. The normalized spacial score (nSPS) is 11.3. The fourth-order valence-electron chi connectivity index (χ4n) is 2.04. The maximum atomic E-state index is 12.1. The number of anilines is 1. The van der Waals surface area contributed by atoms with Crippen molar-refractivity contribution in [3.05, 3.63) is 45.9 Å². The van der Waals surface area contributed by atoms with Gasteiger partial charge in [0.05, 0.1) is 23.5 Å². The van der Waals surface area contributed by atoms with Crippen molar-refractivity contribution in [2.75, 3.05) is 5.32 Å². The van der Waals surface area contributed by atoms with Gasteiger partial charge in [0, 0.05) is 16.5 Å². The number of aromatic nitrogens is 1. The van der Waals surface area contributed by atoms with Gasteiger partial charge in [-0.05, 0) is 17.7 Å². The minimum atomic E-state index is -0.898. The minimum Gasteiger partial charge on any atom is -0.481 e. The molecule has 1 aromatic carbocycles. The summed E-state index contributed by atoms with van der Waals surface area (Å²) in [7, 11) is 0. The molecule has 0 spiro atoms. The lowest BCUT2D eigenvalue weighted by Gasteiger charge is -2.13. The molecule has 1 heterocycles. The zero-order valence-corrected chi connectivity index (χ0v) is 14.2. The summed E-state index contributed by atoms with van der Waals surface area (Å²) in [6.07, 6.45) is 0.139. The highest BCUT2D eigenvalue weighted by atomic mass is 32.1. The molecule has 1 aromatic heterocycles. The molecule has 2 N–H and O–H groups in total. The Bertz CT molecular complexity index is 717. The number of nitrogens with one attached hydrogen (secondary N) is 1. The molecule has 0 bridgehead atoms. The van der Waals surface area contributed by atoms with Crippen molar-refractivity contribution in [1.29, 1.82) is 0 Å². The van der Waals surface area contributed by atoms with Crippen LogP contribution < -0.4 is 5.32 Å². The minimum absolute atomic E-state index is 0.0233. The second-order valence-corrected chi connectivity index (χ2v) is 7.25. The van der Waals surface area contributed by atoms with E-state index in [1.807, 2.05) is 5.38 Å². The Morgan fingerprint density at radius 2 is 2.00 bits per heavy atom. The van der Waals surface area contributed by atoms with Crippen LogP contribution in [-0.2, 0) is 27.8 Å². The SMILES string of the molecule is CC(C)(C)c1nc(CC(=O)Nc2cccc(CC(=O)O)c2)cs1. The molecule has 6 heteroatoms. The number of thiazole rings is 1. The summed E-state index contributed by atoms with van der Waals surface area (Å²) in [4.78, 5) is 27.3. The first-order valence-corrected chi connectivity index (χ1v) is 8.17. The van der Waals surface area contributed by atoms with Crippen LogP contribution in [0.5, 0.6) is 0 Å². The fourth-order valence-corrected chi connectivity index (χ4v) is 2.94. The molecule has 2 aromatic rings. The Balaban J connectivity index is 1.99. The predicted molar refractivity (Wildman–Crippen MR) is 90.9 cm³/mol. The first kappa shape index (κ1) is 17.1. The molecule has 23 heavy (non-hydrogen) atoms. The molecule has 0 aliphatic rings. The summed E-state index contributed by atoms with van der Waals surface area (Å²) in [5.41, 5.74) is 1.97. The van der Waals surface area contributed by atoms with Crippen LogP contribution in [0.4, 0.5) is 5.69 Å². The number of carbonyl (C=O) groups excluding carboxylic acids is 1. The van der Waals surface area contributed by atoms with Crippen molar-refractivity contribution >= 4 is 28.9 Å². The van der Waals surface area contributed by atoms with Crippen molar-refractivity contribution < 1.29 is 14.7 Å². The summed E-state index contributed by atoms with van der Waals surface area (Å²) >= 11 is 1.56. The topological polar surface area (TPSA) is 79.3 Å². The second-order valence-electron chi connectivity index (χ2n) is 6.39.